The highest BCUT2D eigenvalue weighted by Gasteiger charge is 2.35. The van der Waals surface area contributed by atoms with Gasteiger partial charge in [0, 0.05) is 31.4 Å². The van der Waals surface area contributed by atoms with E-state index in [-0.39, 0.29) is 29.1 Å². The molecule has 4 heterocycles. The maximum Gasteiger partial charge on any atom is 0.252 e. The van der Waals surface area contributed by atoms with Gasteiger partial charge in [-0.15, -0.1) is 11.3 Å². The number of aromatic nitrogens is 2. The average molecular weight is 561 g/mol. The molecule has 3 aromatic heterocycles. The first-order valence-corrected chi connectivity index (χ1v) is 15.2. The van der Waals surface area contributed by atoms with Crippen molar-refractivity contribution in [2.24, 2.45) is 5.92 Å². The first kappa shape index (κ1) is 25.3. The lowest BCUT2D eigenvalue weighted by Gasteiger charge is -2.32. The number of fused-ring (bicyclic) bond motifs is 1. The number of hydrogen-bond donors (Lipinski definition) is 0. The number of halogens is 1. The number of sulfonamides is 1. The molecule has 1 aliphatic heterocycles. The van der Waals surface area contributed by atoms with Gasteiger partial charge in [0.25, 0.3) is 10.0 Å². The molecule has 1 aromatic carbocycles. The van der Waals surface area contributed by atoms with E-state index in [1.165, 1.54) is 21.7 Å². The number of thiophene rings is 1. The molecule has 0 atom stereocenters. The number of nitrogens with zero attached hydrogens (tertiary/aromatic N) is 4. The van der Waals surface area contributed by atoms with Crippen LogP contribution in [-0.2, 0) is 27.8 Å². The normalized spacial score (nSPS) is 15.4. The standard InChI is InChI=1S/C25H25ClN4O3S3/c1-2-18-4-3-5-20-23(18)28-25(34-20)30(16-17-8-12-27-13-9-17)24(31)19-10-14-29(15-11-19)36(32,33)22-7-6-21(26)35-22/h3-9,12-13,19H,2,10-11,14-16H2,1H3. The van der Waals surface area contributed by atoms with E-state index in [9.17, 15) is 13.2 Å². The Hall–Kier alpha value is -2.37. The lowest BCUT2D eigenvalue weighted by Crippen LogP contribution is -2.44. The van der Waals surface area contributed by atoms with E-state index in [2.05, 4.69) is 18.0 Å². The molecule has 4 aromatic rings. The Morgan fingerprint density at radius 2 is 1.86 bits per heavy atom. The number of thiazole rings is 1. The molecule has 1 amide bonds. The van der Waals surface area contributed by atoms with Crippen LogP contribution in [0, 0.1) is 5.92 Å². The zero-order valence-electron chi connectivity index (χ0n) is 19.6. The fraction of sp³-hybridized carbons (Fsp3) is 0.320. The lowest BCUT2D eigenvalue weighted by atomic mass is 9.96. The van der Waals surface area contributed by atoms with Gasteiger partial charge in [-0.3, -0.25) is 14.7 Å². The highest BCUT2D eigenvalue weighted by Crippen LogP contribution is 2.35. The summed E-state index contributed by atoms with van der Waals surface area (Å²) in [6, 6.07) is 13.0. The second-order valence-electron chi connectivity index (χ2n) is 8.63. The Morgan fingerprint density at radius 3 is 2.53 bits per heavy atom. The number of para-hydroxylation sites is 1. The number of benzene rings is 1. The predicted octanol–water partition coefficient (Wildman–Crippen LogP) is 5.60. The first-order valence-electron chi connectivity index (χ1n) is 11.7. The summed E-state index contributed by atoms with van der Waals surface area (Å²) >= 11 is 8.52. The number of hydrogen-bond acceptors (Lipinski definition) is 7. The summed E-state index contributed by atoms with van der Waals surface area (Å²) in [7, 11) is -3.61. The van der Waals surface area contributed by atoms with Crippen LogP contribution in [0.15, 0.2) is 59.1 Å². The van der Waals surface area contributed by atoms with Crippen LogP contribution in [0.4, 0.5) is 5.13 Å². The topological polar surface area (TPSA) is 83.5 Å². The summed E-state index contributed by atoms with van der Waals surface area (Å²) in [6.07, 6.45) is 5.20. The highest BCUT2D eigenvalue weighted by atomic mass is 35.5. The molecule has 1 saturated heterocycles. The number of aryl methyl sites for hydroxylation is 1. The van der Waals surface area contributed by atoms with Crippen molar-refractivity contribution in [2.75, 3.05) is 18.0 Å². The van der Waals surface area contributed by atoms with E-state index in [1.807, 2.05) is 24.3 Å². The van der Waals surface area contributed by atoms with Crippen molar-refractivity contribution in [1.82, 2.24) is 14.3 Å². The molecular formula is C25H25ClN4O3S3. The number of anilines is 1. The van der Waals surface area contributed by atoms with E-state index in [1.54, 1.807) is 23.4 Å². The van der Waals surface area contributed by atoms with Crippen molar-refractivity contribution in [2.45, 2.75) is 36.9 Å². The van der Waals surface area contributed by atoms with Crippen molar-refractivity contribution in [3.05, 3.63) is 70.3 Å². The maximum absolute atomic E-state index is 13.9. The molecule has 188 valence electrons. The quantitative estimate of drug-likeness (QED) is 0.294. The van der Waals surface area contributed by atoms with Crippen LogP contribution in [0.25, 0.3) is 10.2 Å². The van der Waals surface area contributed by atoms with Gasteiger partial charge in [0.05, 0.1) is 21.1 Å². The van der Waals surface area contributed by atoms with Gasteiger partial charge in [-0.1, -0.05) is 42.0 Å². The molecule has 1 fully saturated rings. The Morgan fingerprint density at radius 1 is 1.11 bits per heavy atom. The molecule has 0 aliphatic carbocycles. The number of carbonyl (C=O) groups excluding carboxylic acids is 1. The lowest BCUT2D eigenvalue weighted by molar-refractivity contribution is -0.123. The van der Waals surface area contributed by atoms with Crippen LogP contribution in [-0.4, -0.2) is 41.7 Å². The minimum atomic E-state index is -3.61. The summed E-state index contributed by atoms with van der Waals surface area (Å²) in [5, 5.41) is 0.663. The molecule has 7 nitrogen and oxygen atoms in total. The number of rotatable bonds is 7. The van der Waals surface area contributed by atoms with Crippen LogP contribution >= 0.6 is 34.3 Å². The smallest absolute Gasteiger partial charge is 0.252 e. The SMILES string of the molecule is CCc1cccc2sc(N(Cc3ccncc3)C(=O)C3CCN(S(=O)(=O)c4ccc(Cl)s4)CC3)nc12. The number of amides is 1. The van der Waals surface area contributed by atoms with Crippen molar-refractivity contribution >= 4 is 65.6 Å². The van der Waals surface area contributed by atoms with Gasteiger partial charge in [0.2, 0.25) is 5.91 Å². The van der Waals surface area contributed by atoms with Crippen molar-refractivity contribution in [3.63, 3.8) is 0 Å². The van der Waals surface area contributed by atoms with Gasteiger partial charge in [-0.2, -0.15) is 4.31 Å². The third-order valence-corrected chi connectivity index (χ3v) is 11.0. The van der Waals surface area contributed by atoms with Crippen molar-refractivity contribution in [3.8, 4) is 0 Å². The molecule has 0 unspecified atom stereocenters. The fourth-order valence-electron chi connectivity index (χ4n) is 4.43. The van der Waals surface area contributed by atoms with E-state index in [4.69, 9.17) is 16.6 Å². The summed E-state index contributed by atoms with van der Waals surface area (Å²) in [5.74, 6) is -0.317. The fourth-order valence-corrected chi connectivity index (χ4v) is 8.56. The molecule has 0 spiro atoms. The number of carbonyl (C=O) groups is 1. The van der Waals surface area contributed by atoms with E-state index >= 15 is 0 Å². The monoisotopic (exact) mass is 560 g/mol. The molecule has 5 rings (SSSR count). The Bertz CT molecular complexity index is 1480. The first-order chi connectivity index (χ1) is 17.4. The zero-order chi connectivity index (χ0) is 25.3. The highest BCUT2D eigenvalue weighted by molar-refractivity contribution is 7.91. The summed E-state index contributed by atoms with van der Waals surface area (Å²) in [4.78, 5) is 24.6. The second kappa shape index (κ2) is 10.5. The third kappa shape index (κ3) is 5.05. The van der Waals surface area contributed by atoms with Gasteiger partial charge in [0.15, 0.2) is 5.13 Å². The molecule has 36 heavy (non-hydrogen) atoms. The molecular weight excluding hydrogens is 536 g/mol. The van der Waals surface area contributed by atoms with Gasteiger partial charge in [-0.05, 0) is 60.7 Å². The summed E-state index contributed by atoms with van der Waals surface area (Å²) in [5.41, 5.74) is 3.05. The minimum Gasteiger partial charge on any atom is -0.283 e. The number of piperidine rings is 1. The molecule has 0 bridgehead atoms. The molecule has 1 aliphatic rings. The molecule has 0 radical (unpaired) electrons. The Balaban J connectivity index is 1.39. The van der Waals surface area contributed by atoms with Crippen LogP contribution < -0.4 is 4.90 Å². The van der Waals surface area contributed by atoms with E-state index < -0.39 is 10.0 Å². The second-order valence-corrected chi connectivity index (χ2v) is 13.5. The van der Waals surface area contributed by atoms with E-state index in [0.29, 0.717) is 28.9 Å². The number of pyridine rings is 1. The van der Waals surface area contributed by atoms with Crippen molar-refractivity contribution < 1.29 is 13.2 Å². The third-order valence-electron chi connectivity index (χ3n) is 6.41. The van der Waals surface area contributed by atoms with Crippen LogP contribution in [0.3, 0.4) is 0 Å². The van der Waals surface area contributed by atoms with E-state index in [0.717, 1.165) is 39.1 Å². The molecule has 11 heteroatoms. The largest absolute Gasteiger partial charge is 0.283 e. The van der Waals surface area contributed by atoms with Crippen LogP contribution in [0.5, 0.6) is 0 Å². The van der Waals surface area contributed by atoms with Crippen LogP contribution in [0.1, 0.15) is 30.9 Å². The van der Waals surface area contributed by atoms with Gasteiger partial charge in [-0.25, -0.2) is 13.4 Å². The van der Waals surface area contributed by atoms with Gasteiger partial charge < -0.3 is 0 Å². The Labute approximate surface area is 223 Å². The van der Waals surface area contributed by atoms with Gasteiger partial charge in [0.1, 0.15) is 4.21 Å². The Kier molecular flexibility index (Phi) is 7.41. The van der Waals surface area contributed by atoms with Gasteiger partial charge >= 0.3 is 0 Å². The predicted molar refractivity (Wildman–Crippen MR) is 145 cm³/mol. The summed E-state index contributed by atoms with van der Waals surface area (Å²) < 4.78 is 29.2. The minimum absolute atomic E-state index is 0.0277. The molecule has 0 N–H and O–H groups in total. The molecule has 0 saturated carbocycles. The average Bonchev–Trinajstić information content (AvgIpc) is 3.54. The van der Waals surface area contributed by atoms with Crippen molar-refractivity contribution in [1.29, 1.82) is 0 Å². The zero-order valence-corrected chi connectivity index (χ0v) is 22.8. The summed E-state index contributed by atoms with van der Waals surface area (Å²) in [6.45, 7) is 3.06. The van der Waals surface area contributed by atoms with Crippen LogP contribution in [0.2, 0.25) is 4.34 Å². The maximum atomic E-state index is 13.9.